The normalized spacial score (nSPS) is 20.7. The van der Waals surface area contributed by atoms with Gasteiger partial charge in [-0.1, -0.05) is 146 Å². The van der Waals surface area contributed by atoms with Crippen LogP contribution in [0.15, 0.2) is 146 Å². The highest BCUT2D eigenvalue weighted by Gasteiger charge is 2.66. The van der Waals surface area contributed by atoms with Crippen LogP contribution in [0.2, 0.25) is 0 Å². The smallest absolute Gasteiger partial charge is 0.181 e. The van der Waals surface area contributed by atoms with Gasteiger partial charge in [0.25, 0.3) is 0 Å². The molecule has 12 rings (SSSR count). The average Bonchev–Trinajstić information content (AvgIpc) is 3.59. The predicted molar refractivity (Wildman–Crippen MR) is 174 cm³/mol. The van der Waals surface area contributed by atoms with Crippen LogP contribution < -0.4 is 0 Å². The zero-order valence-electron chi connectivity index (χ0n) is 23.7. The Labute approximate surface area is 254 Å². The van der Waals surface area contributed by atoms with Gasteiger partial charge in [0.05, 0.1) is 0 Å². The third-order valence-corrected chi connectivity index (χ3v) is 10.5. The lowest BCUT2D eigenvalue weighted by Crippen LogP contribution is -2.53. The third-order valence-electron chi connectivity index (χ3n) is 10.5. The van der Waals surface area contributed by atoms with Gasteiger partial charge in [-0.05, 0) is 60.8 Å². The molecule has 7 aromatic carbocycles. The Kier molecular flexibility index (Phi) is 4.12. The molecule has 3 aliphatic carbocycles. The highest BCUT2D eigenvalue weighted by Crippen LogP contribution is 2.71. The maximum Gasteiger partial charge on any atom is 0.181 e. The van der Waals surface area contributed by atoms with Gasteiger partial charge < -0.3 is 0 Å². The molecular weight excluding hydrogens is 536 g/mol. The summed E-state index contributed by atoms with van der Waals surface area (Å²) in [5, 5.41) is 2.54. The first kappa shape index (κ1) is 23.2. The van der Waals surface area contributed by atoms with Gasteiger partial charge in [0.2, 0.25) is 0 Å². The monoisotopic (exact) mass is 560 g/mol. The van der Waals surface area contributed by atoms with Crippen LogP contribution in [-0.2, 0) is 21.0 Å². The van der Waals surface area contributed by atoms with Crippen LogP contribution in [0.3, 0.4) is 0 Å². The highest BCUT2D eigenvalue weighted by atomic mass is 17.2. The maximum absolute atomic E-state index is 7.02. The standard InChI is InChI=1S/C42H24O2/c1-3-13-25(14-4-1)35-32-22-11-20-29-27-17-7-8-19-30(27)37(36(29)32)40-39(35)42-33-23-10-9-18-28(33)31-21-12-24-34(38(31)42)41(40,43-44-42)26-15-5-2-6-16-26/h1-24H/t41-,42+/m1/s1. The molecule has 2 heteroatoms. The van der Waals surface area contributed by atoms with Gasteiger partial charge in [0.1, 0.15) is 0 Å². The molecule has 2 heterocycles. The van der Waals surface area contributed by atoms with E-state index >= 15 is 0 Å². The third kappa shape index (κ3) is 2.40. The molecule has 0 radical (unpaired) electrons. The lowest BCUT2D eigenvalue weighted by atomic mass is 9.60. The van der Waals surface area contributed by atoms with Crippen molar-refractivity contribution < 1.29 is 9.78 Å². The van der Waals surface area contributed by atoms with Crippen LogP contribution in [0.1, 0.15) is 33.4 Å². The molecule has 0 saturated carbocycles. The molecule has 7 aromatic rings. The van der Waals surface area contributed by atoms with Crippen LogP contribution >= 0.6 is 0 Å². The van der Waals surface area contributed by atoms with Gasteiger partial charge in [0, 0.05) is 27.8 Å². The topological polar surface area (TPSA) is 18.5 Å². The van der Waals surface area contributed by atoms with Crippen LogP contribution in [0, 0.1) is 0 Å². The zero-order valence-corrected chi connectivity index (χ0v) is 23.7. The largest absolute Gasteiger partial charge is 0.214 e. The number of rotatable bonds is 2. The van der Waals surface area contributed by atoms with E-state index in [0.717, 1.165) is 16.7 Å². The van der Waals surface area contributed by atoms with E-state index in [9.17, 15) is 0 Å². The molecular formula is C42H24O2. The van der Waals surface area contributed by atoms with E-state index < -0.39 is 11.2 Å². The zero-order chi connectivity index (χ0) is 28.6. The number of fused-ring (bicyclic) bond motifs is 6. The van der Waals surface area contributed by atoms with Crippen LogP contribution in [-0.4, -0.2) is 0 Å². The van der Waals surface area contributed by atoms with Crippen molar-refractivity contribution in [3.05, 3.63) is 179 Å². The van der Waals surface area contributed by atoms with E-state index in [1.807, 2.05) is 0 Å². The Morgan fingerprint density at radius 3 is 1.80 bits per heavy atom. The fourth-order valence-corrected chi connectivity index (χ4v) is 8.94. The predicted octanol–water partition coefficient (Wildman–Crippen LogP) is 9.99. The molecule has 0 fully saturated rings. The van der Waals surface area contributed by atoms with Crippen molar-refractivity contribution in [2.75, 3.05) is 0 Å². The van der Waals surface area contributed by atoms with Crippen LogP contribution in [0.4, 0.5) is 0 Å². The van der Waals surface area contributed by atoms with Gasteiger partial charge in [-0.15, -0.1) is 0 Å². The first-order valence-corrected chi connectivity index (χ1v) is 15.3. The summed E-state index contributed by atoms with van der Waals surface area (Å²) in [6.45, 7) is 0. The Balaban J connectivity index is 1.47. The molecule has 1 spiro atoms. The number of benzene rings is 7. The molecule has 2 aliphatic heterocycles. The maximum atomic E-state index is 7.02. The Bertz CT molecular complexity index is 2390. The SMILES string of the molecule is c1ccc(-c2c3c(c4c5c(cccc25)-c2ccccc2-4)[C@]2(c4ccccc4)OO[C@]34c3ccccc3-c3cccc2c34)cc1. The molecule has 0 saturated heterocycles. The lowest BCUT2D eigenvalue weighted by Gasteiger charge is -2.54. The fourth-order valence-electron chi connectivity index (χ4n) is 8.94. The summed E-state index contributed by atoms with van der Waals surface area (Å²) in [5.41, 5.74) is 14.9. The molecule has 44 heavy (non-hydrogen) atoms. The quantitative estimate of drug-likeness (QED) is 0.196. The van der Waals surface area contributed by atoms with Gasteiger partial charge in [-0.2, -0.15) is 0 Å². The molecule has 0 amide bonds. The van der Waals surface area contributed by atoms with Crippen molar-refractivity contribution >= 4 is 10.8 Å². The Morgan fingerprint density at radius 2 is 0.955 bits per heavy atom. The summed E-state index contributed by atoms with van der Waals surface area (Å²) >= 11 is 0. The summed E-state index contributed by atoms with van der Waals surface area (Å²) in [7, 11) is 0. The Hall–Kier alpha value is -5.28. The molecule has 0 aromatic heterocycles. The van der Waals surface area contributed by atoms with Crippen molar-refractivity contribution in [3.63, 3.8) is 0 Å². The number of hydrogen-bond acceptors (Lipinski definition) is 2. The van der Waals surface area contributed by atoms with Crippen LogP contribution in [0.25, 0.3) is 55.3 Å². The minimum absolute atomic E-state index is 0.919. The van der Waals surface area contributed by atoms with E-state index in [1.54, 1.807) is 0 Å². The lowest BCUT2D eigenvalue weighted by molar-refractivity contribution is -0.408. The van der Waals surface area contributed by atoms with Crippen molar-refractivity contribution in [2.45, 2.75) is 11.2 Å². The van der Waals surface area contributed by atoms with Crippen LogP contribution in [0.5, 0.6) is 0 Å². The van der Waals surface area contributed by atoms with Gasteiger partial charge in [-0.3, -0.25) is 0 Å². The summed E-state index contributed by atoms with van der Waals surface area (Å²) in [5.74, 6) is 0. The summed E-state index contributed by atoms with van der Waals surface area (Å²) in [6.07, 6.45) is 0. The van der Waals surface area contributed by atoms with Crippen molar-refractivity contribution in [2.24, 2.45) is 0 Å². The molecule has 2 nitrogen and oxygen atoms in total. The van der Waals surface area contributed by atoms with Crippen molar-refractivity contribution in [1.82, 2.24) is 0 Å². The molecule has 5 aliphatic rings. The second kappa shape index (κ2) is 7.81. The molecule has 2 atom stereocenters. The fraction of sp³-hybridized carbons (Fsp3) is 0.0476. The molecule has 0 unspecified atom stereocenters. The average molecular weight is 561 g/mol. The molecule has 0 N–H and O–H groups in total. The van der Waals surface area contributed by atoms with E-state index in [0.29, 0.717) is 0 Å². The van der Waals surface area contributed by atoms with E-state index in [2.05, 4.69) is 146 Å². The van der Waals surface area contributed by atoms with Gasteiger partial charge >= 0.3 is 0 Å². The molecule has 204 valence electrons. The van der Waals surface area contributed by atoms with Crippen molar-refractivity contribution in [1.29, 1.82) is 0 Å². The summed E-state index contributed by atoms with van der Waals surface area (Å²) in [4.78, 5) is 14.0. The van der Waals surface area contributed by atoms with E-state index in [1.165, 1.54) is 72.0 Å². The minimum atomic E-state index is -0.969. The minimum Gasteiger partial charge on any atom is -0.214 e. The van der Waals surface area contributed by atoms with Crippen molar-refractivity contribution in [3.8, 4) is 44.5 Å². The summed E-state index contributed by atoms with van der Waals surface area (Å²) in [6, 6.07) is 52.7. The first-order chi connectivity index (χ1) is 21.8. The Morgan fingerprint density at radius 1 is 0.364 bits per heavy atom. The molecule has 2 bridgehead atoms. The van der Waals surface area contributed by atoms with Gasteiger partial charge in [0.15, 0.2) is 11.2 Å². The van der Waals surface area contributed by atoms with E-state index in [-0.39, 0.29) is 0 Å². The second-order valence-electron chi connectivity index (χ2n) is 12.3. The first-order valence-electron chi connectivity index (χ1n) is 15.3. The van der Waals surface area contributed by atoms with Gasteiger partial charge in [-0.25, -0.2) is 9.78 Å². The number of hydrogen-bond donors (Lipinski definition) is 0. The second-order valence-corrected chi connectivity index (χ2v) is 12.3. The van der Waals surface area contributed by atoms with E-state index in [4.69, 9.17) is 9.78 Å². The summed E-state index contributed by atoms with van der Waals surface area (Å²) < 4.78 is 0. The highest BCUT2D eigenvalue weighted by molar-refractivity contribution is 6.21.